The van der Waals surface area contributed by atoms with Crippen LogP contribution in [0.1, 0.15) is 27.6 Å². The van der Waals surface area contributed by atoms with Gasteiger partial charge in [0.25, 0.3) is 5.91 Å². The Bertz CT molecular complexity index is 874. The highest BCUT2D eigenvalue weighted by Crippen LogP contribution is 2.26. The Morgan fingerprint density at radius 3 is 2.96 bits per heavy atom. The molecule has 0 aliphatic carbocycles. The second-order valence-corrected chi connectivity index (χ2v) is 6.18. The highest BCUT2D eigenvalue weighted by Gasteiger charge is 2.24. The maximum absolute atomic E-state index is 12.6. The minimum absolute atomic E-state index is 0. The molecule has 1 aliphatic heterocycles. The SMILES string of the molecule is O=C(c1cc(-c2ncnc3[nH]ccc23)c[nH]1)N1CCC(CO)CC1.[HH].[HH].[HH]. The fourth-order valence-corrected chi connectivity index (χ4v) is 3.25. The van der Waals surface area contributed by atoms with Gasteiger partial charge >= 0.3 is 0 Å². The number of amides is 1. The number of rotatable bonds is 3. The van der Waals surface area contributed by atoms with Crippen LogP contribution in [-0.2, 0) is 0 Å². The van der Waals surface area contributed by atoms with E-state index in [1.165, 1.54) is 6.33 Å². The molecule has 24 heavy (non-hydrogen) atoms. The van der Waals surface area contributed by atoms with Crippen molar-refractivity contribution in [2.45, 2.75) is 12.8 Å². The molecule has 3 aromatic rings. The average molecular weight is 331 g/mol. The number of carbonyl (C=O) groups excluding carboxylic acids is 1. The average Bonchev–Trinajstić information content (AvgIpc) is 3.30. The monoisotopic (exact) mass is 331 g/mol. The number of hydrogen-bond donors (Lipinski definition) is 3. The molecule has 3 N–H and O–H groups in total. The summed E-state index contributed by atoms with van der Waals surface area (Å²) in [4.78, 5) is 29.2. The molecule has 1 amide bonds. The molecule has 7 nitrogen and oxygen atoms in total. The molecule has 0 spiro atoms. The molecule has 0 atom stereocenters. The molecule has 0 saturated carbocycles. The second-order valence-electron chi connectivity index (χ2n) is 6.18. The first kappa shape index (κ1) is 14.9. The topological polar surface area (TPSA) is 97.9 Å². The number of hydrogen-bond acceptors (Lipinski definition) is 4. The van der Waals surface area contributed by atoms with Crippen molar-refractivity contribution in [2.75, 3.05) is 19.7 Å². The van der Waals surface area contributed by atoms with Crippen LogP contribution in [0, 0.1) is 5.92 Å². The summed E-state index contributed by atoms with van der Waals surface area (Å²) in [5.74, 6) is 0.313. The van der Waals surface area contributed by atoms with Crippen molar-refractivity contribution >= 4 is 16.9 Å². The minimum Gasteiger partial charge on any atom is -0.396 e. The van der Waals surface area contributed by atoms with Gasteiger partial charge in [0.05, 0.1) is 5.69 Å². The molecule has 1 saturated heterocycles. The highest BCUT2D eigenvalue weighted by atomic mass is 16.3. The summed E-state index contributed by atoms with van der Waals surface area (Å²) in [7, 11) is 0. The number of aromatic nitrogens is 4. The predicted molar refractivity (Wildman–Crippen MR) is 95.7 cm³/mol. The van der Waals surface area contributed by atoms with Crippen molar-refractivity contribution in [2.24, 2.45) is 5.92 Å². The lowest BCUT2D eigenvalue weighted by Gasteiger charge is -2.30. The molecular weight excluding hydrogens is 306 g/mol. The van der Waals surface area contributed by atoms with Gasteiger partial charge < -0.3 is 20.0 Å². The Balaban J connectivity index is 0.00000121. The molecule has 7 heteroatoms. The molecule has 0 unspecified atom stereocenters. The third-order valence-electron chi connectivity index (χ3n) is 4.70. The van der Waals surface area contributed by atoms with Crippen molar-refractivity contribution < 1.29 is 14.2 Å². The molecule has 0 aromatic carbocycles. The Labute approximate surface area is 143 Å². The highest BCUT2D eigenvalue weighted by molar-refractivity contribution is 5.96. The van der Waals surface area contributed by atoms with Gasteiger partial charge in [0.15, 0.2) is 0 Å². The van der Waals surface area contributed by atoms with E-state index in [1.54, 1.807) is 0 Å². The van der Waals surface area contributed by atoms with Gasteiger partial charge in [-0.2, -0.15) is 0 Å². The summed E-state index contributed by atoms with van der Waals surface area (Å²) < 4.78 is 0. The third-order valence-corrected chi connectivity index (χ3v) is 4.70. The van der Waals surface area contributed by atoms with Crippen LogP contribution in [0.2, 0.25) is 0 Å². The van der Waals surface area contributed by atoms with Crippen molar-refractivity contribution in [3.05, 3.63) is 36.5 Å². The van der Waals surface area contributed by atoms with Gasteiger partial charge in [-0.05, 0) is 30.9 Å². The number of piperidine rings is 1. The van der Waals surface area contributed by atoms with Crippen LogP contribution in [0.4, 0.5) is 0 Å². The van der Waals surface area contributed by atoms with E-state index >= 15 is 0 Å². The Morgan fingerprint density at radius 1 is 1.33 bits per heavy atom. The number of fused-ring (bicyclic) bond motifs is 1. The Morgan fingerprint density at radius 2 is 2.17 bits per heavy atom. The number of aromatic amines is 2. The Hall–Kier alpha value is -2.67. The molecular formula is C17H25N5O2. The van der Waals surface area contributed by atoms with Crippen molar-refractivity contribution in [3.63, 3.8) is 0 Å². The van der Waals surface area contributed by atoms with Crippen LogP contribution >= 0.6 is 0 Å². The predicted octanol–water partition coefficient (Wildman–Crippen LogP) is 2.54. The summed E-state index contributed by atoms with van der Waals surface area (Å²) in [6.07, 6.45) is 6.86. The molecule has 4 heterocycles. The lowest BCUT2D eigenvalue weighted by Crippen LogP contribution is -2.39. The fraction of sp³-hybridized carbons (Fsp3) is 0.353. The normalized spacial score (nSPS) is 16.0. The summed E-state index contributed by atoms with van der Waals surface area (Å²) in [6, 6.07) is 3.77. The minimum atomic E-state index is -0.00277. The first-order valence-electron chi connectivity index (χ1n) is 8.13. The lowest BCUT2D eigenvalue weighted by molar-refractivity contribution is 0.0646. The van der Waals surface area contributed by atoms with Crippen LogP contribution in [0.15, 0.2) is 30.9 Å². The lowest BCUT2D eigenvalue weighted by atomic mass is 9.98. The van der Waals surface area contributed by atoms with Gasteiger partial charge in [0.2, 0.25) is 0 Å². The smallest absolute Gasteiger partial charge is 0.270 e. The largest absolute Gasteiger partial charge is 0.396 e. The van der Waals surface area contributed by atoms with E-state index in [2.05, 4.69) is 19.9 Å². The molecule has 1 aliphatic rings. The number of nitrogens with zero attached hydrogens (tertiary/aromatic N) is 3. The van der Waals surface area contributed by atoms with Gasteiger partial charge in [0, 0.05) is 47.3 Å². The molecule has 0 bridgehead atoms. The van der Waals surface area contributed by atoms with Crippen molar-refractivity contribution in [1.29, 1.82) is 0 Å². The van der Waals surface area contributed by atoms with Gasteiger partial charge in [-0.3, -0.25) is 4.79 Å². The van der Waals surface area contributed by atoms with Crippen molar-refractivity contribution in [3.8, 4) is 11.3 Å². The zero-order valence-electron chi connectivity index (χ0n) is 13.2. The van der Waals surface area contributed by atoms with Crippen molar-refractivity contribution in [1.82, 2.24) is 24.8 Å². The number of likely N-dealkylation sites (tertiary alicyclic amines) is 1. The number of carbonyl (C=O) groups is 1. The number of H-pyrrole nitrogens is 2. The maximum Gasteiger partial charge on any atom is 0.270 e. The summed E-state index contributed by atoms with van der Waals surface area (Å²) in [6.45, 7) is 1.58. The standard InChI is InChI=1S/C17H19N5O2.3H2/c23-9-11-2-5-22(6-3-11)17(24)14-7-12(8-19-14)15-13-1-4-18-16(13)21-10-20-15;;;/h1,4,7-8,10-11,19,23H,2-3,5-6,9H2,(H,18,20,21);3*1H. The van der Waals surface area contributed by atoms with Crippen LogP contribution in [0.5, 0.6) is 0 Å². The van der Waals surface area contributed by atoms with Crippen LogP contribution in [-0.4, -0.2) is 55.5 Å². The number of nitrogens with one attached hydrogen (secondary N) is 2. The molecule has 130 valence electrons. The zero-order valence-corrected chi connectivity index (χ0v) is 13.2. The zero-order chi connectivity index (χ0) is 16.5. The van der Waals surface area contributed by atoms with Gasteiger partial charge in [-0.25, -0.2) is 9.97 Å². The van der Waals surface area contributed by atoms with Crippen LogP contribution in [0.25, 0.3) is 22.3 Å². The fourth-order valence-electron chi connectivity index (χ4n) is 3.25. The van der Waals surface area contributed by atoms with E-state index in [0.717, 1.165) is 35.1 Å². The van der Waals surface area contributed by atoms with Crippen LogP contribution < -0.4 is 0 Å². The van der Waals surface area contributed by atoms with Crippen LogP contribution in [0.3, 0.4) is 0 Å². The van der Waals surface area contributed by atoms with E-state index < -0.39 is 0 Å². The van der Waals surface area contributed by atoms with E-state index in [1.807, 2.05) is 29.4 Å². The van der Waals surface area contributed by atoms with Gasteiger partial charge in [-0.1, -0.05) is 0 Å². The van der Waals surface area contributed by atoms with E-state index in [9.17, 15) is 9.90 Å². The first-order chi connectivity index (χ1) is 11.8. The summed E-state index contributed by atoms with van der Waals surface area (Å²) in [5.41, 5.74) is 3.01. The Kier molecular flexibility index (Phi) is 3.78. The third kappa shape index (κ3) is 2.56. The molecule has 4 rings (SSSR count). The quantitative estimate of drug-likeness (QED) is 0.687. The van der Waals surface area contributed by atoms with E-state index in [-0.39, 0.29) is 16.8 Å². The summed E-state index contributed by atoms with van der Waals surface area (Å²) in [5, 5.41) is 10.1. The van der Waals surface area contributed by atoms with Gasteiger partial charge in [-0.15, -0.1) is 0 Å². The van der Waals surface area contributed by atoms with E-state index in [4.69, 9.17) is 0 Å². The molecule has 0 radical (unpaired) electrons. The summed E-state index contributed by atoms with van der Waals surface area (Å²) >= 11 is 0. The maximum atomic E-state index is 12.6. The van der Waals surface area contributed by atoms with Gasteiger partial charge in [0.1, 0.15) is 17.7 Å². The molecule has 1 fully saturated rings. The molecule has 3 aromatic heterocycles. The number of aliphatic hydroxyl groups excluding tert-OH is 1. The van der Waals surface area contributed by atoms with E-state index in [0.29, 0.717) is 24.7 Å². The second kappa shape index (κ2) is 6.09. The number of aliphatic hydroxyl groups is 1. The first-order valence-corrected chi connectivity index (χ1v) is 8.13.